The highest BCUT2D eigenvalue weighted by Crippen LogP contribution is 2.33. The number of benzene rings is 1. The molecule has 0 spiro atoms. The van der Waals surface area contributed by atoms with Gasteiger partial charge < -0.3 is 20.0 Å². The molecule has 1 aromatic carbocycles. The molecule has 7 heterocycles. The molecule has 1 unspecified atom stereocenters. The zero-order valence-corrected chi connectivity index (χ0v) is 31.4. The summed E-state index contributed by atoms with van der Waals surface area (Å²) in [5.74, 6) is 1.72. The molecule has 0 bridgehead atoms. The van der Waals surface area contributed by atoms with Crippen LogP contribution in [0.15, 0.2) is 30.5 Å². The quantitative estimate of drug-likeness (QED) is 0.230. The Hall–Kier alpha value is -4.80. The number of amides is 4. The van der Waals surface area contributed by atoms with Crippen LogP contribution in [0.4, 0.5) is 22.5 Å². The van der Waals surface area contributed by atoms with Crippen LogP contribution in [0.3, 0.4) is 0 Å². The van der Waals surface area contributed by atoms with Crippen LogP contribution in [0.2, 0.25) is 0 Å². The van der Waals surface area contributed by atoms with E-state index < -0.39 is 23.8 Å². The van der Waals surface area contributed by atoms with Crippen molar-refractivity contribution in [2.24, 2.45) is 11.8 Å². The number of hydrogen-bond acceptors (Lipinski definition) is 14. The van der Waals surface area contributed by atoms with Crippen molar-refractivity contribution in [2.75, 3.05) is 80.6 Å². The molecule has 5 aliphatic rings. The third-order valence-electron chi connectivity index (χ3n) is 11.5. The normalized spacial score (nSPS) is 22.2. The summed E-state index contributed by atoms with van der Waals surface area (Å²) in [5, 5.41) is 6.11. The molecule has 8 rings (SSSR count). The molecule has 15 nitrogen and oxygen atoms in total. The average molecular weight is 755 g/mol. The fourth-order valence-electron chi connectivity index (χ4n) is 8.56. The second-order valence-corrected chi connectivity index (χ2v) is 16.2. The lowest BCUT2D eigenvalue weighted by molar-refractivity contribution is -0.136. The Kier molecular flexibility index (Phi) is 10.4. The number of aromatic nitrogens is 3. The van der Waals surface area contributed by atoms with Crippen molar-refractivity contribution < 1.29 is 24.0 Å². The maximum atomic E-state index is 13.3. The van der Waals surface area contributed by atoms with Crippen LogP contribution in [0, 0.1) is 18.8 Å². The molecule has 0 aliphatic carbocycles. The molecule has 54 heavy (non-hydrogen) atoms. The Morgan fingerprint density at radius 3 is 2.19 bits per heavy atom. The van der Waals surface area contributed by atoms with E-state index in [1.807, 2.05) is 19.1 Å². The van der Waals surface area contributed by atoms with Crippen molar-refractivity contribution in [3.05, 3.63) is 52.3 Å². The number of piperidine rings is 3. The van der Waals surface area contributed by atoms with Crippen LogP contribution in [0.5, 0.6) is 0 Å². The van der Waals surface area contributed by atoms with E-state index in [9.17, 15) is 24.0 Å². The van der Waals surface area contributed by atoms with Crippen LogP contribution >= 0.6 is 11.3 Å². The van der Waals surface area contributed by atoms with Crippen LogP contribution in [-0.4, -0.2) is 131 Å². The number of nitrogens with zero attached hydrogens (tertiary/aromatic N) is 8. The van der Waals surface area contributed by atoms with Gasteiger partial charge in [-0.2, -0.15) is 0 Å². The summed E-state index contributed by atoms with van der Waals surface area (Å²) in [6.07, 6.45) is 7.21. The molecule has 0 saturated carbocycles. The highest BCUT2D eigenvalue weighted by Gasteiger charge is 2.45. The maximum absolute atomic E-state index is 13.3. The van der Waals surface area contributed by atoms with E-state index >= 15 is 0 Å². The summed E-state index contributed by atoms with van der Waals surface area (Å²) in [7, 11) is 0. The van der Waals surface area contributed by atoms with Gasteiger partial charge in [-0.05, 0) is 82.2 Å². The first-order valence-corrected chi connectivity index (χ1v) is 19.9. The summed E-state index contributed by atoms with van der Waals surface area (Å²) in [6, 6.07) is 6.42. The van der Waals surface area contributed by atoms with Gasteiger partial charge in [0.2, 0.25) is 11.8 Å². The first kappa shape index (κ1) is 36.2. The van der Waals surface area contributed by atoms with Crippen molar-refractivity contribution in [3.8, 4) is 0 Å². The van der Waals surface area contributed by atoms with Crippen molar-refractivity contribution in [1.82, 2.24) is 35.0 Å². The molecule has 4 fully saturated rings. The molecule has 284 valence electrons. The second-order valence-electron chi connectivity index (χ2n) is 15.1. The Bertz CT molecular complexity index is 1930. The molecule has 5 aliphatic heterocycles. The summed E-state index contributed by atoms with van der Waals surface area (Å²) in [5.41, 5.74) is 1.58. The van der Waals surface area contributed by atoms with Gasteiger partial charge in [0.1, 0.15) is 23.5 Å². The third-order valence-corrected chi connectivity index (χ3v) is 12.4. The first-order valence-electron chi connectivity index (χ1n) is 19.0. The van der Waals surface area contributed by atoms with Crippen LogP contribution in [-0.2, 0) is 9.59 Å². The third kappa shape index (κ3) is 7.72. The Morgan fingerprint density at radius 1 is 0.815 bits per heavy atom. The molecule has 0 radical (unpaired) electrons. The number of nitrogens with one attached hydrogen (secondary N) is 2. The van der Waals surface area contributed by atoms with Gasteiger partial charge in [-0.3, -0.25) is 39.1 Å². The highest BCUT2D eigenvalue weighted by molar-refractivity contribution is 7.17. The number of rotatable bonds is 10. The van der Waals surface area contributed by atoms with Gasteiger partial charge in [-0.15, -0.1) is 0 Å². The standard InChI is InChI=1S/C38H46N10O5S/c1-24-40-32(42-38-39-20-28(23-49)54-38)19-33(41-24)47-16-14-45(15-17-47)22-25-6-10-44(11-7-25)21-26-8-12-46(13-9-26)27-2-3-29-30(18-27)37(53)48(36(29)52)31-4-5-34(50)43-35(31)51/h2-3,18-20,23,25-26,31H,4-17,21-22H2,1H3,(H,43,50,51)(H,39,40,41,42). The fraction of sp³-hybridized carbons (Fsp3) is 0.526. The smallest absolute Gasteiger partial charge is 0.262 e. The van der Waals surface area contributed by atoms with E-state index in [2.05, 4.69) is 40.2 Å². The van der Waals surface area contributed by atoms with E-state index in [-0.39, 0.29) is 18.7 Å². The minimum atomic E-state index is -0.954. The number of imide groups is 2. The number of carbonyl (C=O) groups is 5. The number of anilines is 4. The number of aryl methyl sites for hydroxylation is 1. The van der Waals surface area contributed by atoms with Crippen molar-refractivity contribution >= 4 is 63.7 Å². The summed E-state index contributed by atoms with van der Waals surface area (Å²) < 4.78 is 0. The molecule has 1 atom stereocenters. The summed E-state index contributed by atoms with van der Waals surface area (Å²) >= 11 is 1.30. The van der Waals surface area contributed by atoms with E-state index in [1.165, 1.54) is 24.2 Å². The van der Waals surface area contributed by atoms with Crippen molar-refractivity contribution in [1.29, 1.82) is 0 Å². The molecule has 16 heteroatoms. The lowest BCUT2D eigenvalue weighted by atomic mass is 9.92. The lowest BCUT2D eigenvalue weighted by Crippen LogP contribution is -2.54. The molecule has 4 amide bonds. The zero-order valence-electron chi connectivity index (χ0n) is 30.5. The number of aldehydes is 1. The molecular weight excluding hydrogens is 709 g/mol. The SMILES string of the molecule is Cc1nc(Nc2ncc(C=O)s2)cc(N2CCN(CC3CCN(CC4CCN(c5ccc6c(c5)C(=O)N(C5CCC(=O)NC5=O)C6=O)CC4)CC3)CC2)n1. The van der Waals surface area contributed by atoms with Crippen molar-refractivity contribution in [3.63, 3.8) is 0 Å². The van der Waals surface area contributed by atoms with Gasteiger partial charge in [0.05, 0.1) is 22.2 Å². The molecular formula is C38H46N10O5S. The predicted octanol–water partition coefficient (Wildman–Crippen LogP) is 2.95. The van der Waals surface area contributed by atoms with Crippen molar-refractivity contribution in [2.45, 2.75) is 51.5 Å². The number of piperazine rings is 1. The molecule has 4 saturated heterocycles. The Balaban J connectivity index is 0.760. The first-order chi connectivity index (χ1) is 26.2. The number of thiazole rings is 1. The topological polar surface area (TPSA) is 164 Å². The molecule has 2 N–H and O–H groups in total. The van der Waals surface area contributed by atoms with Crippen LogP contribution in [0.1, 0.15) is 74.7 Å². The van der Waals surface area contributed by atoms with Gasteiger partial charge in [-0.25, -0.2) is 15.0 Å². The van der Waals surface area contributed by atoms with E-state index in [1.54, 1.807) is 18.3 Å². The second kappa shape index (κ2) is 15.5. The van der Waals surface area contributed by atoms with Gasteiger partial charge in [-0.1, -0.05) is 11.3 Å². The Morgan fingerprint density at radius 2 is 1.50 bits per heavy atom. The monoisotopic (exact) mass is 754 g/mol. The van der Waals surface area contributed by atoms with Gasteiger partial charge in [0, 0.05) is 70.5 Å². The minimum absolute atomic E-state index is 0.106. The number of carbonyl (C=O) groups excluding carboxylic acids is 5. The molecule has 2 aromatic heterocycles. The lowest BCUT2D eigenvalue weighted by Gasteiger charge is -2.41. The average Bonchev–Trinajstić information content (AvgIpc) is 3.73. The molecule has 3 aromatic rings. The van der Waals surface area contributed by atoms with Gasteiger partial charge in [0.15, 0.2) is 11.4 Å². The van der Waals surface area contributed by atoms with Crippen LogP contribution in [0.25, 0.3) is 0 Å². The maximum Gasteiger partial charge on any atom is 0.262 e. The van der Waals surface area contributed by atoms with E-state index in [0.29, 0.717) is 44.6 Å². The van der Waals surface area contributed by atoms with E-state index in [4.69, 9.17) is 4.98 Å². The largest absolute Gasteiger partial charge is 0.371 e. The highest BCUT2D eigenvalue weighted by atomic mass is 32.1. The van der Waals surface area contributed by atoms with E-state index in [0.717, 1.165) is 101 Å². The van der Waals surface area contributed by atoms with Crippen LogP contribution < -0.4 is 20.4 Å². The van der Waals surface area contributed by atoms with Gasteiger partial charge >= 0.3 is 0 Å². The number of fused-ring (bicyclic) bond motifs is 1. The summed E-state index contributed by atoms with van der Waals surface area (Å²) in [4.78, 5) is 86.4. The predicted molar refractivity (Wildman–Crippen MR) is 203 cm³/mol. The Labute approximate surface area is 318 Å². The van der Waals surface area contributed by atoms with Gasteiger partial charge in [0.25, 0.3) is 11.8 Å². The minimum Gasteiger partial charge on any atom is -0.371 e. The number of hydrogen-bond donors (Lipinski definition) is 2. The zero-order chi connectivity index (χ0) is 37.3. The fourth-order valence-corrected chi connectivity index (χ4v) is 9.20. The number of likely N-dealkylation sites (tertiary alicyclic amines) is 1. The summed E-state index contributed by atoms with van der Waals surface area (Å²) in [6.45, 7) is 12.1.